The second-order valence-electron chi connectivity index (χ2n) is 6.15. The van der Waals surface area contributed by atoms with Gasteiger partial charge in [-0.25, -0.2) is 4.98 Å². The maximum Gasteiger partial charge on any atom is 0.250 e. The Bertz CT molecular complexity index is 971. The highest BCUT2D eigenvalue weighted by molar-refractivity contribution is 6.07. The van der Waals surface area contributed by atoms with Crippen LogP contribution in [0.3, 0.4) is 0 Å². The Hall–Kier alpha value is -2.95. The predicted octanol–water partition coefficient (Wildman–Crippen LogP) is 3.61. The number of hydrogen-bond donors (Lipinski definition) is 2. The van der Waals surface area contributed by atoms with E-state index in [2.05, 4.69) is 40.1 Å². The SMILES string of the molecule is CCC1C=Nc2cc(-c3ccc(C(N)=O)c4[nH]cnc34)ccc2C1. The zero-order chi connectivity index (χ0) is 16.7. The summed E-state index contributed by atoms with van der Waals surface area (Å²) in [6, 6.07) is 9.97. The first-order valence-corrected chi connectivity index (χ1v) is 8.10. The van der Waals surface area contributed by atoms with Crippen LogP contribution in [0.15, 0.2) is 41.7 Å². The Morgan fingerprint density at radius 1 is 1.33 bits per heavy atom. The van der Waals surface area contributed by atoms with Crippen molar-refractivity contribution in [2.45, 2.75) is 19.8 Å². The number of carbonyl (C=O) groups excluding carboxylic acids is 1. The highest BCUT2D eigenvalue weighted by atomic mass is 16.1. The quantitative estimate of drug-likeness (QED) is 0.773. The lowest BCUT2D eigenvalue weighted by molar-refractivity contribution is 0.100. The number of H-pyrrole nitrogens is 1. The molecule has 0 fully saturated rings. The van der Waals surface area contributed by atoms with E-state index in [9.17, 15) is 4.79 Å². The van der Waals surface area contributed by atoms with Crippen LogP contribution in [0.25, 0.3) is 22.2 Å². The summed E-state index contributed by atoms with van der Waals surface area (Å²) >= 11 is 0. The topological polar surface area (TPSA) is 84.1 Å². The van der Waals surface area contributed by atoms with Gasteiger partial charge in [-0.1, -0.05) is 25.1 Å². The molecule has 2 heterocycles. The third-order valence-corrected chi connectivity index (χ3v) is 4.67. The molecule has 1 atom stereocenters. The lowest BCUT2D eigenvalue weighted by Gasteiger charge is -2.18. The molecule has 4 rings (SSSR count). The normalized spacial score (nSPS) is 16.3. The average molecular weight is 318 g/mol. The van der Waals surface area contributed by atoms with E-state index in [1.165, 1.54) is 5.56 Å². The van der Waals surface area contributed by atoms with Gasteiger partial charge in [0.05, 0.1) is 28.6 Å². The van der Waals surface area contributed by atoms with E-state index in [4.69, 9.17) is 5.73 Å². The Morgan fingerprint density at radius 3 is 3.00 bits per heavy atom. The van der Waals surface area contributed by atoms with E-state index >= 15 is 0 Å². The third kappa shape index (κ3) is 2.29. The molecule has 3 aromatic rings. The molecule has 1 amide bonds. The van der Waals surface area contributed by atoms with Gasteiger partial charge in [-0.3, -0.25) is 9.79 Å². The molecule has 1 aromatic heterocycles. The van der Waals surface area contributed by atoms with Crippen molar-refractivity contribution < 1.29 is 4.79 Å². The number of aromatic nitrogens is 2. The first kappa shape index (κ1) is 14.6. The van der Waals surface area contributed by atoms with Gasteiger partial charge in [0, 0.05) is 11.8 Å². The van der Waals surface area contributed by atoms with Crippen LogP contribution in [-0.4, -0.2) is 22.1 Å². The van der Waals surface area contributed by atoms with Crippen molar-refractivity contribution in [1.82, 2.24) is 9.97 Å². The van der Waals surface area contributed by atoms with Crippen LogP contribution in [0.4, 0.5) is 5.69 Å². The number of fused-ring (bicyclic) bond motifs is 2. The Morgan fingerprint density at radius 2 is 2.21 bits per heavy atom. The van der Waals surface area contributed by atoms with Gasteiger partial charge in [0.1, 0.15) is 0 Å². The van der Waals surface area contributed by atoms with E-state index in [1.807, 2.05) is 12.3 Å². The van der Waals surface area contributed by atoms with Crippen LogP contribution in [0.5, 0.6) is 0 Å². The molecule has 1 aliphatic rings. The minimum Gasteiger partial charge on any atom is -0.366 e. The number of imidazole rings is 1. The van der Waals surface area contributed by atoms with Gasteiger partial charge in [0.25, 0.3) is 5.91 Å². The standard InChI is InChI=1S/C19H18N4O/c1-2-11-7-13-4-3-12(8-16(13)21-9-11)14-5-6-15(19(20)24)18-17(14)22-10-23-18/h3-6,8-11H,2,7H2,1H3,(H2,20,24)(H,22,23). The second kappa shape index (κ2) is 5.60. The van der Waals surface area contributed by atoms with Gasteiger partial charge in [0.2, 0.25) is 0 Å². The summed E-state index contributed by atoms with van der Waals surface area (Å²) in [7, 11) is 0. The van der Waals surface area contributed by atoms with Gasteiger partial charge in [-0.05, 0) is 42.0 Å². The molecule has 0 spiro atoms. The highest BCUT2D eigenvalue weighted by Gasteiger charge is 2.17. The first-order chi connectivity index (χ1) is 11.7. The number of aromatic amines is 1. The summed E-state index contributed by atoms with van der Waals surface area (Å²) < 4.78 is 0. The Balaban J connectivity index is 1.83. The van der Waals surface area contributed by atoms with Crippen molar-refractivity contribution in [3.63, 3.8) is 0 Å². The zero-order valence-electron chi connectivity index (χ0n) is 13.4. The van der Waals surface area contributed by atoms with Crippen molar-refractivity contribution in [3.05, 3.63) is 47.8 Å². The summed E-state index contributed by atoms with van der Waals surface area (Å²) in [5.41, 5.74) is 11.6. The number of nitrogens with one attached hydrogen (secondary N) is 1. The fourth-order valence-corrected chi connectivity index (χ4v) is 3.27. The summed E-state index contributed by atoms with van der Waals surface area (Å²) in [4.78, 5) is 23.6. The lowest BCUT2D eigenvalue weighted by atomic mass is 9.92. The molecule has 0 saturated heterocycles. The molecule has 0 bridgehead atoms. The van der Waals surface area contributed by atoms with Crippen molar-refractivity contribution in [2.24, 2.45) is 16.6 Å². The van der Waals surface area contributed by atoms with Gasteiger partial charge in [-0.15, -0.1) is 0 Å². The first-order valence-electron chi connectivity index (χ1n) is 8.10. The van der Waals surface area contributed by atoms with Crippen LogP contribution in [-0.2, 0) is 6.42 Å². The highest BCUT2D eigenvalue weighted by Crippen LogP contribution is 2.35. The molecule has 0 saturated carbocycles. The number of aliphatic imine (C=N–C) groups is 1. The zero-order valence-corrected chi connectivity index (χ0v) is 13.4. The van der Waals surface area contributed by atoms with Crippen molar-refractivity contribution in [3.8, 4) is 11.1 Å². The van der Waals surface area contributed by atoms with Crippen LogP contribution in [0.2, 0.25) is 0 Å². The Labute approximate surface area is 139 Å². The molecule has 5 nitrogen and oxygen atoms in total. The monoisotopic (exact) mass is 318 g/mol. The summed E-state index contributed by atoms with van der Waals surface area (Å²) in [6.45, 7) is 2.19. The largest absolute Gasteiger partial charge is 0.366 e. The second-order valence-corrected chi connectivity index (χ2v) is 6.15. The van der Waals surface area contributed by atoms with Gasteiger partial charge in [-0.2, -0.15) is 0 Å². The average Bonchev–Trinajstić information content (AvgIpc) is 3.09. The van der Waals surface area contributed by atoms with Gasteiger partial charge in [0.15, 0.2) is 0 Å². The molecule has 3 N–H and O–H groups in total. The molecule has 0 radical (unpaired) electrons. The summed E-state index contributed by atoms with van der Waals surface area (Å²) in [5.74, 6) is 0.0627. The molecule has 120 valence electrons. The number of amides is 1. The van der Waals surface area contributed by atoms with Crippen LogP contribution in [0.1, 0.15) is 29.3 Å². The van der Waals surface area contributed by atoms with Crippen LogP contribution < -0.4 is 5.73 Å². The predicted molar refractivity (Wildman–Crippen MR) is 95.7 cm³/mol. The maximum absolute atomic E-state index is 11.6. The van der Waals surface area contributed by atoms with Crippen molar-refractivity contribution >= 4 is 28.8 Å². The lowest BCUT2D eigenvalue weighted by Crippen LogP contribution is -2.11. The maximum atomic E-state index is 11.6. The number of rotatable bonds is 3. The minimum absolute atomic E-state index is 0.452. The fourth-order valence-electron chi connectivity index (χ4n) is 3.27. The van der Waals surface area contributed by atoms with Gasteiger partial charge >= 0.3 is 0 Å². The molecule has 1 unspecified atom stereocenters. The van der Waals surface area contributed by atoms with E-state index in [0.29, 0.717) is 17.0 Å². The number of carbonyl (C=O) groups is 1. The fraction of sp³-hybridized carbons (Fsp3) is 0.211. The minimum atomic E-state index is -0.462. The number of primary amides is 1. The Kier molecular flexibility index (Phi) is 3.41. The summed E-state index contributed by atoms with van der Waals surface area (Å²) in [5, 5.41) is 0. The molecule has 1 aliphatic heterocycles. The number of nitrogens with two attached hydrogens (primary N) is 1. The van der Waals surface area contributed by atoms with Crippen LogP contribution in [0, 0.1) is 5.92 Å². The molecular weight excluding hydrogens is 300 g/mol. The summed E-state index contributed by atoms with van der Waals surface area (Å²) in [6.07, 6.45) is 5.77. The van der Waals surface area contributed by atoms with E-state index in [1.54, 1.807) is 12.4 Å². The van der Waals surface area contributed by atoms with E-state index in [0.717, 1.165) is 35.2 Å². The third-order valence-electron chi connectivity index (χ3n) is 4.67. The van der Waals surface area contributed by atoms with Crippen LogP contribution >= 0.6 is 0 Å². The van der Waals surface area contributed by atoms with Crippen molar-refractivity contribution in [2.75, 3.05) is 0 Å². The van der Waals surface area contributed by atoms with E-state index < -0.39 is 5.91 Å². The smallest absolute Gasteiger partial charge is 0.250 e. The number of benzene rings is 2. The number of nitrogens with zero attached hydrogens (tertiary/aromatic N) is 2. The number of hydrogen-bond acceptors (Lipinski definition) is 3. The molecule has 0 aliphatic carbocycles. The molecule has 2 aromatic carbocycles. The van der Waals surface area contributed by atoms with Crippen molar-refractivity contribution in [1.29, 1.82) is 0 Å². The van der Waals surface area contributed by atoms with Gasteiger partial charge < -0.3 is 10.7 Å². The molecular formula is C19H18N4O. The molecule has 24 heavy (non-hydrogen) atoms. The van der Waals surface area contributed by atoms with E-state index in [-0.39, 0.29) is 0 Å². The molecule has 5 heteroatoms.